The maximum atomic E-state index is 5.16. The highest BCUT2D eigenvalue weighted by Gasteiger charge is 2.04. The van der Waals surface area contributed by atoms with Crippen LogP contribution >= 0.6 is 15.9 Å². The van der Waals surface area contributed by atoms with Gasteiger partial charge in [0, 0.05) is 9.86 Å². The SMILES string of the molecule is COc1cccc2c(Br)cnnc12. The Bertz CT molecular complexity index is 445. The molecule has 0 atom stereocenters. The largest absolute Gasteiger partial charge is 0.494 e. The van der Waals surface area contributed by atoms with Gasteiger partial charge in [-0.15, -0.1) is 5.10 Å². The fraction of sp³-hybridized carbons (Fsp3) is 0.111. The summed E-state index contributed by atoms with van der Waals surface area (Å²) in [5.74, 6) is 0.742. The van der Waals surface area contributed by atoms with Crippen molar-refractivity contribution in [2.24, 2.45) is 0 Å². The third kappa shape index (κ3) is 1.37. The van der Waals surface area contributed by atoms with Crippen LogP contribution in [0.4, 0.5) is 0 Å². The summed E-state index contributed by atoms with van der Waals surface area (Å²) in [6.45, 7) is 0. The molecule has 66 valence electrons. The van der Waals surface area contributed by atoms with Crippen LogP contribution < -0.4 is 4.74 Å². The van der Waals surface area contributed by atoms with Crippen molar-refractivity contribution in [3.63, 3.8) is 0 Å². The van der Waals surface area contributed by atoms with Crippen LogP contribution in [0.3, 0.4) is 0 Å². The van der Waals surface area contributed by atoms with E-state index < -0.39 is 0 Å². The van der Waals surface area contributed by atoms with Crippen LogP contribution in [0.1, 0.15) is 0 Å². The Kier molecular flexibility index (Phi) is 2.14. The molecule has 13 heavy (non-hydrogen) atoms. The van der Waals surface area contributed by atoms with E-state index >= 15 is 0 Å². The molecule has 0 aliphatic heterocycles. The zero-order valence-corrected chi connectivity index (χ0v) is 8.58. The summed E-state index contributed by atoms with van der Waals surface area (Å²) in [7, 11) is 1.62. The standard InChI is InChI=1S/C9H7BrN2O/c1-13-8-4-2-3-6-7(10)5-11-12-9(6)8/h2-5H,1H3. The van der Waals surface area contributed by atoms with Crippen LogP contribution in [0.25, 0.3) is 10.9 Å². The molecule has 0 bridgehead atoms. The molecule has 1 aromatic carbocycles. The van der Waals surface area contributed by atoms with Gasteiger partial charge in [0.2, 0.25) is 0 Å². The first-order valence-electron chi connectivity index (χ1n) is 3.77. The molecule has 0 N–H and O–H groups in total. The Balaban J connectivity index is 2.84. The second-order valence-corrected chi connectivity index (χ2v) is 3.40. The molecule has 2 rings (SSSR count). The fourth-order valence-electron chi connectivity index (χ4n) is 1.19. The van der Waals surface area contributed by atoms with Crippen molar-refractivity contribution in [3.8, 4) is 5.75 Å². The van der Waals surface area contributed by atoms with Gasteiger partial charge in [0.15, 0.2) is 0 Å². The molecule has 1 aromatic heterocycles. The van der Waals surface area contributed by atoms with Crippen molar-refractivity contribution in [1.82, 2.24) is 10.2 Å². The molecule has 0 aliphatic rings. The zero-order valence-electron chi connectivity index (χ0n) is 6.99. The number of hydrogen-bond donors (Lipinski definition) is 0. The van der Waals surface area contributed by atoms with E-state index in [0.29, 0.717) is 0 Å². The van der Waals surface area contributed by atoms with Gasteiger partial charge in [-0.25, -0.2) is 0 Å². The number of aromatic nitrogens is 2. The molecule has 0 amide bonds. The number of nitrogens with zero attached hydrogens (tertiary/aromatic N) is 2. The third-order valence-corrected chi connectivity index (χ3v) is 2.44. The van der Waals surface area contributed by atoms with Gasteiger partial charge in [-0.3, -0.25) is 0 Å². The quantitative estimate of drug-likeness (QED) is 0.766. The van der Waals surface area contributed by atoms with E-state index in [4.69, 9.17) is 4.74 Å². The summed E-state index contributed by atoms with van der Waals surface area (Å²) >= 11 is 3.40. The topological polar surface area (TPSA) is 35.0 Å². The lowest BCUT2D eigenvalue weighted by atomic mass is 10.2. The molecule has 0 saturated heterocycles. The Morgan fingerprint density at radius 2 is 2.23 bits per heavy atom. The number of methoxy groups -OCH3 is 1. The number of ether oxygens (including phenoxy) is 1. The second kappa shape index (κ2) is 3.30. The van der Waals surface area contributed by atoms with E-state index in [2.05, 4.69) is 26.1 Å². The van der Waals surface area contributed by atoms with E-state index in [1.807, 2.05) is 18.2 Å². The van der Waals surface area contributed by atoms with E-state index in [1.165, 1.54) is 0 Å². The predicted octanol–water partition coefficient (Wildman–Crippen LogP) is 2.40. The highest BCUT2D eigenvalue weighted by Crippen LogP contribution is 2.27. The summed E-state index contributed by atoms with van der Waals surface area (Å²) in [5, 5.41) is 8.86. The molecule has 0 spiro atoms. The van der Waals surface area contributed by atoms with Gasteiger partial charge in [-0.1, -0.05) is 12.1 Å². The van der Waals surface area contributed by atoms with Crippen molar-refractivity contribution in [2.45, 2.75) is 0 Å². The molecule has 0 unspecified atom stereocenters. The Morgan fingerprint density at radius 1 is 1.38 bits per heavy atom. The lowest BCUT2D eigenvalue weighted by molar-refractivity contribution is 0.418. The molecule has 2 aromatic rings. The van der Waals surface area contributed by atoms with Gasteiger partial charge in [-0.05, 0) is 22.0 Å². The first kappa shape index (κ1) is 8.44. The maximum Gasteiger partial charge on any atom is 0.147 e. The van der Waals surface area contributed by atoms with E-state index in [9.17, 15) is 0 Å². The average Bonchev–Trinajstić information content (AvgIpc) is 2.18. The van der Waals surface area contributed by atoms with Crippen LogP contribution in [0, 0.1) is 0 Å². The van der Waals surface area contributed by atoms with Gasteiger partial charge in [0.25, 0.3) is 0 Å². The summed E-state index contributed by atoms with van der Waals surface area (Å²) in [5.41, 5.74) is 0.777. The number of fused-ring (bicyclic) bond motifs is 1. The molecule has 0 saturated carbocycles. The van der Waals surface area contributed by atoms with Crippen LogP contribution in [-0.4, -0.2) is 17.3 Å². The second-order valence-electron chi connectivity index (χ2n) is 2.55. The summed E-state index contributed by atoms with van der Waals surface area (Å²) in [4.78, 5) is 0. The van der Waals surface area contributed by atoms with E-state index in [0.717, 1.165) is 21.1 Å². The summed E-state index contributed by atoms with van der Waals surface area (Å²) in [6, 6.07) is 5.76. The average molecular weight is 239 g/mol. The van der Waals surface area contributed by atoms with Gasteiger partial charge >= 0.3 is 0 Å². The lowest BCUT2D eigenvalue weighted by Crippen LogP contribution is -1.89. The normalized spacial score (nSPS) is 10.3. The number of hydrogen-bond acceptors (Lipinski definition) is 3. The van der Waals surface area contributed by atoms with Crippen molar-refractivity contribution >= 4 is 26.8 Å². The first-order valence-corrected chi connectivity index (χ1v) is 4.56. The van der Waals surface area contributed by atoms with Crippen LogP contribution in [-0.2, 0) is 0 Å². The molecule has 0 aliphatic carbocycles. The lowest BCUT2D eigenvalue weighted by Gasteiger charge is -2.03. The monoisotopic (exact) mass is 238 g/mol. The third-order valence-electron chi connectivity index (χ3n) is 1.81. The fourth-order valence-corrected chi connectivity index (χ4v) is 1.60. The van der Waals surface area contributed by atoms with Crippen molar-refractivity contribution in [3.05, 3.63) is 28.9 Å². The highest BCUT2D eigenvalue weighted by atomic mass is 79.9. The predicted molar refractivity (Wildman–Crippen MR) is 53.8 cm³/mol. The number of rotatable bonds is 1. The molecule has 0 fully saturated rings. The minimum atomic E-state index is 0.742. The molecular formula is C9H7BrN2O. The summed E-state index contributed by atoms with van der Waals surface area (Å²) in [6.07, 6.45) is 1.67. The van der Waals surface area contributed by atoms with Crippen LogP contribution in [0.15, 0.2) is 28.9 Å². The minimum Gasteiger partial charge on any atom is -0.494 e. The molecule has 1 heterocycles. The Morgan fingerprint density at radius 3 is 3.00 bits per heavy atom. The molecular weight excluding hydrogens is 232 g/mol. The van der Waals surface area contributed by atoms with Crippen LogP contribution in [0.5, 0.6) is 5.75 Å². The number of halogens is 1. The number of benzene rings is 1. The Labute approximate surface area is 83.9 Å². The van der Waals surface area contributed by atoms with E-state index in [-0.39, 0.29) is 0 Å². The minimum absolute atomic E-state index is 0.742. The van der Waals surface area contributed by atoms with Crippen molar-refractivity contribution < 1.29 is 4.74 Å². The smallest absolute Gasteiger partial charge is 0.147 e. The van der Waals surface area contributed by atoms with Gasteiger partial charge in [-0.2, -0.15) is 5.10 Å². The van der Waals surface area contributed by atoms with E-state index in [1.54, 1.807) is 13.3 Å². The van der Waals surface area contributed by atoms with Gasteiger partial charge in [0.1, 0.15) is 11.3 Å². The molecule has 0 radical (unpaired) electrons. The van der Waals surface area contributed by atoms with Crippen molar-refractivity contribution in [1.29, 1.82) is 0 Å². The summed E-state index contributed by atoms with van der Waals surface area (Å²) < 4.78 is 6.09. The van der Waals surface area contributed by atoms with Gasteiger partial charge < -0.3 is 4.74 Å². The zero-order chi connectivity index (χ0) is 9.26. The van der Waals surface area contributed by atoms with Crippen molar-refractivity contribution in [2.75, 3.05) is 7.11 Å². The first-order chi connectivity index (χ1) is 6.33. The Hall–Kier alpha value is -1.16. The van der Waals surface area contributed by atoms with Gasteiger partial charge in [0.05, 0.1) is 13.3 Å². The maximum absolute atomic E-state index is 5.16. The molecule has 4 heteroatoms. The molecule has 3 nitrogen and oxygen atoms in total. The van der Waals surface area contributed by atoms with Crippen LogP contribution in [0.2, 0.25) is 0 Å². The highest BCUT2D eigenvalue weighted by molar-refractivity contribution is 9.10.